The van der Waals surface area contributed by atoms with E-state index in [4.69, 9.17) is 0 Å². The molecule has 0 atom stereocenters. The first-order valence-electron chi connectivity index (χ1n) is 15.1. The topological polar surface area (TPSA) is 0 Å². The minimum atomic E-state index is 1.30. The highest BCUT2D eigenvalue weighted by Gasteiger charge is 2.19. The first-order valence-corrected chi connectivity index (χ1v) is 15.1. The fourth-order valence-electron chi connectivity index (χ4n) is 8.16. The summed E-state index contributed by atoms with van der Waals surface area (Å²) in [4.78, 5) is 0. The predicted molar refractivity (Wildman–Crippen MR) is 178 cm³/mol. The molecule has 42 heavy (non-hydrogen) atoms. The van der Waals surface area contributed by atoms with Crippen molar-refractivity contribution >= 4 is 64.6 Å². The zero-order valence-electron chi connectivity index (χ0n) is 23.5. The Morgan fingerprint density at radius 1 is 0.262 bits per heavy atom. The molecule has 0 heterocycles. The highest BCUT2D eigenvalue weighted by molar-refractivity contribution is 6.33. The van der Waals surface area contributed by atoms with Crippen molar-refractivity contribution in [2.24, 2.45) is 0 Å². The van der Waals surface area contributed by atoms with Crippen LogP contribution in [0.25, 0.3) is 64.6 Å². The molecule has 0 radical (unpaired) electrons. The van der Waals surface area contributed by atoms with Crippen LogP contribution >= 0.6 is 0 Å². The molecule has 0 bridgehead atoms. The third-order valence-electron chi connectivity index (χ3n) is 9.83. The lowest BCUT2D eigenvalue weighted by Gasteiger charge is -2.14. The van der Waals surface area contributed by atoms with Crippen LogP contribution in [0, 0.1) is 41.7 Å². The van der Waals surface area contributed by atoms with E-state index in [1.807, 2.05) is 13.8 Å². The van der Waals surface area contributed by atoms with E-state index in [1.54, 1.807) is 0 Å². The van der Waals surface area contributed by atoms with Gasteiger partial charge in [-0.3, -0.25) is 0 Å². The summed E-state index contributed by atoms with van der Waals surface area (Å²) >= 11 is 0. The summed E-state index contributed by atoms with van der Waals surface area (Å²) in [6.07, 6.45) is 0. The average Bonchev–Trinajstić information content (AvgIpc) is 3.54. The molecular weight excluding hydrogens is 504 g/mol. The molecule has 0 fully saturated rings. The summed E-state index contributed by atoms with van der Waals surface area (Å²) in [5.74, 6) is 0. The van der Waals surface area contributed by atoms with E-state index in [9.17, 15) is 0 Å². The van der Waals surface area contributed by atoms with Crippen LogP contribution in [-0.4, -0.2) is 0 Å². The zero-order valence-corrected chi connectivity index (χ0v) is 23.5. The van der Waals surface area contributed by atoms with Crippen molar-refractivity contribution in [3.05, 3.63) is 163 Å². The summed E-state index contributed by atoms with van der Waals surface area (Å²) in [5.41, 5.74) is 0. The Morgan fingerprint density at radius 3 is 0.786 bits per heavy atom. The second kappa shape index (κ2) is 7.75. The Hall–Kier alpha value is -5.20. The van der Waals surface area contributed by atoms with Crippen molar-refractivity contribution in [1.29, 1.82) is 0 Å². The van der Waals surface area contributed by atoms with Crippen LogP contribution in [0.3, 0.4) is 0 Å². The number of benzene rings is 9. The smallest absolute Gasteiger partial charge is 0.00139 e. The van der Waals surface area contributed by atoms with Gasteiger partial charge in [-0.15, -0.1) is 0 Å². The van der Waals surface area contributed by atoms with Gasteiger partial charge in [-0.25, -0.2) is 0 Å². The van der Waals surface area contributed by atoms with E-state index in [-0.39, 0.29) is 0 Å². The third-order valence-corrected chi connectivity index (χ3v) is 9.83. The summed E-state index contributed by atoms with van der Waals surface area (Å²) in [7, 11) is 0. The molecule has 0 spiro atoms. The summed E-state index contributed by atoms with van der Waals surface area (Å²) < 4.78 is 0. The van der Waals surface area contributed by atoms with Gasteiger partial charge in [0.15, 0.2) is 0 Å². The van der Waals surface area contributed by atoms with Crippen molar-refractivity contribution in [3.63, 3.8) is 0 Å². The van der Waals surface area contributed by atoms with Crippen LogP contribution in [-0.2, 0) is 0 Å². The minimum absolute atomic E-state index is 1.30. The van der Waals surface area contributed by atoms with Crippen LogP contribution in [0.4, 0.5) is 0 Å². The molecule has 0 saturated carbocycles. The molecule has 0 nitrogen and oxygen atoms in total. The summed E-state index contributed by atoms with van der Waals surface area (Å²) in [5, 5.41) is 27.2. The van der Waals surface area contributed by atoms with Crippen LogP contribution in [0.5, 0.6) is 0 Å². The quantitative estimate of drug-likeness (QED) is 0.135. The van der Waals surface area contributed by atoms with Gasteiger partial charge in [-0.2, -0.15) is 0 Å². The van der Waals surface area contributed by atoms with Crippen LogP contribution in [0.15, 0.2) is 121 Å². The Labute approximate surface area is 241 Å². The number of hydrogen-bond acceptors (Lipinski definition) is 0. The first kappa shape index (κ1) is 22.5. The lowest BCUT2D eigenvalue weighted by atomic mass is 9.88. The van der Waals surface area contributed by atoms with E-state index < -0.39 is 0 Å². The highest BCUT2D eigenvalue weighted by Crippen LogP contribution is 2.43. The second-order valence-corrected chi connectivity index (χ2v) is 11.6. The van der Waals surface area contributed by atoms with Gasteiger partial charge < -0.3 is 0 Å². The average molecular weight is 531 g/mol. The first-order chi connectivity index (χ1) is 20.8. The van der Waals surface area contributed by atoms with Crippen molar-refractivity contribution in [1.82, 2.24) is 0 Å². The molecule has 0 unspecified atom stereocenters. The SMILES string of the molecule is CC.c1ccc2cc3c(cc2c1)=c1ccc2c4ccc5c6c(ccc(c7ccc=3c1c27)c64)=c1cc2ccccc2cc1=5. The van der Waals surface area contributed by atoms with Crippen LogP contribution < -0.4 is 0 Å². The monoisotopic (exact) mass is 530 g/mol. The third kappa shape index (κ3) is 2.55. The molecule has 9 aromatic rings. The molecule has 0 saturated heterocycles. The summed E-state index contributed by atoms with van der Waals surface area (Å²) in [6, 6.07) is 46.1. The predicted octanol–water partition coefficient (Wildman–Crippen LogP) is 10.8. The lowest BCUT2D eigenvalue weighted by Crippen LogP contribution is -1.89. The van der Waals surface area contributed by atoms with Gasteiger partial charge in [0, 0.05) is 0 Å². The maximum atomic E-state index is 2.39. The van der Waals surface area contributed by atoms with Crippen LogP contribution in [0.1, 0.15) is 13.8 Å². The van der Waals surface area contributed by atoms with Gasteiger partial charge in [-0.05, 0) is 131 Å². The molecule has 0 heteroatoms. The van der Waals surface area contributed by atoms with Gasteiger partial charge in [0.05, 0.1) is 0 Å². The normalized spacial score (nSPS) is 12.5. The molecule has 0 N–H and O–H groups in total. The number of hydrogen-bond donors (Lipinski definition) is 0. The Kier molecular flexibility index (Phi) is 4.15. The van der Waals surface area contributed by atoms with Crippen molar-refractivity contribution in [3.8, 4) is 0 Å². The van der Waals surface area contributed by atoms with E-state index >= 15 is 0 Å². The van der Waals surface area contributed by atoms with Crippen molar-refractivity contribution in [2.75, 3.05) is 0 Å². The lowest BCUT2D eigenvalue weighted by molar-refractivity contribution is 1.50. The second-order valence-electron chi connectivity index (χ2n) is 11.6. The van der Waals surface area contributed by atoms with E-state index in [2.05, 4.69) is 121 Å². The van der Waals surface area contributed by atoms with E-state index in [0.717, 1.165) is 0 Å². The number of fused-ring (bicyclic) bond motifs is 6. The maximum Gasteiger partial charge on any atom is -0.00139 e. The molecular formula is C42H26. The van der Waals surface area contributed by atoms with Crippen molar-refractivity contribution < 1.29 is 0 Å². The van der Waals surface area contributed by atoms with Gasteiger partial charge in [-0.1, -0.05) is 111 Å². The van der Waals surface area contributed by atoms with E-state index in [0.29, 0.717) is 0 Å². The van der Waals surface area contributed by atoms with Gasteiger partial charge in [0.25, 0.3) is 0 Å². The molecule has 2 aliphatic rings. The van der Waals surface area contributed by atoms with Crippen LogP contribution in [0.2, 0.25) is 0 Å². The number of rotatable bonds is 0. The fourth-order valence-corrected chi connectivity index (χ4v) is 8.16. The largest absolute Gasteiger partial charge is 0.0683 e. The van der Waals surface area contributed by atoms with Gasteiger partial charge in [0.1, 0.15) is 0 Å². The van der Waals surface area contributed by atoms with Gasteiger partial charge >= 0.3 is 0 Å². The Bertz CT molecular complexity index is 2670. The Balaban J connectivity index is 0.00000116. The van der Waals surface area contributed by atoms with Crippen molar-refractivity contribution in [2.45, 2.75) is 13.8 Å². The van der Waals surface area contributed by atoms with E-state index in [1.165, 1.54) is 106 Å². The van der Waals surface area contributed by atoms with Gasteiger partial charge in [0.2, 0.25) is 0 Å². The molecule has 194 valence electrons. The maximum absolute atomic E-state index is 2.39. The molecule has 9 aromatic carbocycles. The standard InChI is InChI=1S/C40H20.C2H6/c1-2-6-22-18-34-30-14-10-26-28-12-16-32-36-20-24-8-4-3-7-23(24)19-35(36)31-15-11-27(38(28)40(31)32)25-9-13-29(39(30)37(25)26)33(34)17-21(22)5-1;1-2/h1-20H;1-2H3. The molecule has 0 amide bonds. The molecule has 0 aromatic heterocycles. The highest BCUT2D eigenvalue weighted by atomic mass is 14.2. The summed E-state index contributed by atoms with van der Waals surface area (Å²) in [6.45, 7) is 4.00. The molecule has 2 aliphatic carbocycles. The fraction of sp³-hybridized carbons (Fsp3) is 0.0476. The minimum Gasteiger partial charge on any atom is -0.0683 e. The zero-order chi connectivity index (χ0) is 27.7. The Morgan fingerprint density at radius 2 is 0.524 bits per heavy atom. The molecule has 0 aliphatic heterocycles. The molecule has 11 rings (SSSR count).